The van der Waals surface area contributed by atoms with Crippen LogP contribution < -0.4 is 5.32 Å². The van der Waals surface area contributed by atoms with Gasteiger partial charge in [0.15, 0.2) is 0 Å². The fourth-order valence-corrected chi connectivity index (χ4v) is 2.36. The zero-order valence-electron chi connectivity index (χ0n) is 12.1. The van der Waals surface area contributed by atoms with E-state index < -0.39 is 0 Å². The van der Waals surface area contributed by atoms with E-state index in [0.717, 1.165) is 38.5 Å². The lowest BCUT2D eigenvalue weighted by Crippen LogP contribution is -2.61. The summed E-state index contributed by atoms with van der Waals surface area (Å²) in [5.41, 5.74) is 0.257. The Morgan fingerprint density at radius 1 is 1.29 bits per heavy atom. The van der Waals surface area contributed by atoms with Crippen molar-refractivity contribution in [2.24, 2.45) is 11.3 Å². The molecule has 3 heteroatoms. The van der Waals surface area contributed by atoms with Crippen molar-refractivity contribution in [3.63, 3.8) is 0 Å². The molecule has 0 bridgehead atoms. The van der Waals surface area contributed by atoms with Crippen LogP contribution in [0.15, 0.2) is 0 Å². The van der Waals surface area contributed by atoms with Crippen molar-refractivity contribution in [1.82, 2.24) is 5.32 Å². The van der Waals surface area contributed by atoms with E-state index in [1.807, 2.05) is 0 Å². The van der Waals surface area contributed by atoms with Gasteiger partial charge in [0.1, 0.15) is 0 Å². The maximum absolute atomic E-state index is 5.59. The standard InChI is InChI=1S/C14H29NO2/c1-11(2)6-8-17-9-7-15-12-10-13(16-5)14(12,3)4/h11-13,15H,6-10H2,1-5H3. The van der Waals surface area contributed by atoms with Crippen LogP contribution in [-0.2, 0) is 9.47 Å². The lowest BCUT2D eigenvalue weighted by atomic mass is 9.64. The van der Waals surface area contributed by atoms with Gasteiger partial charge >= 0.3 is 0 Å². The molecule has 0 aromatic rings. The maximum atomic E-state index is 5.59. The third-order valence-corrected chi connectivity index (χ3v) is 3.94. The molecule has 1 N–H and O–H groups in total. The monoisotopic (exact) mass is 243 g/mol. The minimum absolute atomic E-state index is 0.257. The van der Waals surface area contributed by atoms with Crippen LogP contribution in [0.4, 0.5) is 0 Å². The average molecular weight is 243 g/mol. The third-order valence-electron chi connectivity index (χ3n) is 3.94. The van der Waals surface area contributed by atoms with E-state index in [1.165, 1.54) is 0 Å². The van der Waals surface area contributed by atoms with Gasteiger partial charge in [-0.25, -0.2) is 0 Å². The van der Waals surface area contributed by atoms with Gasteiger partial charge in [-0.05, 0) is 18.8 Å². The quantitative estimate of drug-likeness (QED) is 0.664. The van der Waals surface area contributed by atoms with Gasteiger partial charge in [0.2, 0.25) is 0 Å². The highest BCUT2D eigenvalue weighted by atomic mass is 16.5. The molecule has 1 fully saturated rings. The smallest absolute Gasteiger partial charge is 0.0652 e. The van der Waals surface area contributed by atoms with Crippen LogP contribution in [0, 0.1) is 11.3 Å². The molecule has 3 nitrogen and oxygen atoms in total. The second-order valence-electron chi connectivity index (χ2n) is 6.08. The number of nitrogens with one attached hydrogen (secondary N) is 1. The molecule has 1 aliphatic rings. The highest BCUT2D eigenvalue weighted by Crippen LogP contribution is 2.42. The minimum Gasteiger partial charge on any atom is -0.381 e. The number of ether oxygens (including phenoxy) is 2. The summed E-state index contributed by atoms with van der Waals surface area (Å²) in [6.07, 6.45) is 2.68. The summed E-state index contributed by atoms with van der Waals surface area (Å²) in [7, 11) is 1.80. The molecule has 1 saturated carbocycles. The number of hydrogen-bond acceptors (Lipinski definition) is 3. The molecule has 17 heavy (non-hydrogen) atoms. The molecule has 2 atom stereocenters. The molecular formula is C14H29NO2. The topological polar surface area (TPSA) is 30.5 Å². The van der Waals surface area contributed by atoms with Crippen molar-refractivity contribution >= 4 is 0 Å². The summed E-state index contributed by atoms with van der Waals surface area (Å²) in [6, 6.07) is 0.571. The molecule has 2 unspecified atom stereocenters. The SMILES string of the molecule is COC1CC(NCCOCCC(C)C)C1(C)C. The van der Waals surface area contributed by atoms with Crippen LogP contribution in [0.25, 0.3) is 0 Å². The highest BCUT2D eigenvalue weighted by molar-refractivity contribution is 5.02. The molecule has 0 spiro atoms. The first kappa shape index (κ1) is 14.9. The Hall–Kier alpha value is -0.120. The Morgan fingerprint density at radius 2 is 2.00 bits per heavy atom. The van der Waals surface area contributed by atoms with E-state index in [1.54, 1.807) is 7.11 Å². The summed E-state index contributed by atoms with van der Waals surface area (Å²) in [5, 5.41) is 3.56. The Balaban J connectivity index is 2.01. The zero-order chi connectivity index (χ0) is 12.9. The largest absolute Gasteiger partial charge is 0.381 e. The fraction of sp³-hybridized carbons (Fsp3) is 1.00. The van der Waals surface area contributed by atoms with Gasteiger partial charge in [0, 0.05) is 31.7 Å². The lowest BCUT2D eigenvalue weighted by Gasteiger charge is -2.51. The summed E-state index contributed by atoms with van der Waals surface area (Å²) in [5.74, 6) is 0.732. The van der Waals surface area contributed by atoms with Crippen molar-refractivity contribution in [2.75, 3.05) is 26.9 Å². The van der Waals surface area contributed by atoms with E-state index in [4.69, 9.17) is 9.47 Å². The van der Waals surface area contributed by atoms with Crippen molar-refractivity contribution in [2.45, 2.75) is 52.7 Å². The zero-order valence-corrected chi connectivity index (χ0v) is 12.1. The molecule has 0 aromatic heterocycles. The Bertz CT molecular complexity index is 216. The average Bonchev–Trinajstić information content (AvgIpc) is 2.25. The number of rotatable bonds is 8. The summed E-state index contributed by atoms with van der Waals surface area (Å²) in [6.45, 7) is 11.6. The second-order valence-corrected chi connectivity index (χ2v) is 6.08. The summed E-state index contributed by atoms with van der Waals surface area (Å²) in [4.78, 5) is 0. The van der Waals surface area contributed by atoms with E-state index in [2.05, 4.69) is 33.0 Å². The van der Waals surface area contributed by atoms with Crippen LogP contribution >= 0.6 is 0 Å². The van der Waals surface area contributed by atoms with E-state index in [9.17, 15) is 0 Å². The molecule has 0 saturated heterocycles. The molecule has 0 heterocycles. The van der Waals surface area contributed by atoms with Crippen LogP contribution in [0.1, 0.15) is 40.5 Å². The maximum Gasteiger partial charge on any atom is 0.0652 e. The predicted octanol–water partition coefficient (Wildman–Crippen LogP) is 2.45. The van der Waals surface area contributed by atoms with Gasteiger partial charge in [-0.3, -0.25) is 0 Å². The Labute approximate surface area is 106 Å². The predicted molar refractivity (Wildman–Crippen MR) is 71.3 cm³/mol. The molecule has 0 radical (unpaired) electrons. The van der Waals surface area contributed by atoms with Crippen LogP contribution in [-0.4, -0.2) is 39.0 Å². The van der Waals surface area contributed by atoms with Crippen molar-refractivity contribution in [1.29, 1.82) is 0 Å². The second kappa shape index (κ2) is 6.72. The fourth-order valence-electron chi connectivity index (χ4n) is 2.36. The molecule has 0 aliphatic heterocycles. The Morgan fingerprint density at radius 3 is 2.53 bits per heavy atom. The first-order valence-corrected chi connectivity index (χ1v) is 6.82. The van der Waals surface area contributed by atoms with Gasteiger partial charge in [-0.15, -0.1) is 0 Å². The first-order chi connectivity index (χ1) is 7.98. The first-order valence-electron chi connectivity index (χ1n) is 6.82. The molecule has 1 rings (SSSR count). The van der Waals surface area contributed by atoms with Crippen LogP contribution in [0.3, 0.4) is 0 Å². The minimum atomic E-state index is 0.257. The van der Waals surface area contributed by atoms with Crippen LogP contribution in [0.5, 0.6) is 0 Å². The molecule has 1 aliphatic carbocycles. The van der Waals surface area contributed by atoms with Gasteiger partial charge < -0.3 is 14.8 Å². The van der Waals surface area contributed by atoms with E-state index in [-0.39, 0.29) is 5.41 Å². The molecule has 102 valence electrons. The number of hydrogen-bond donors (Lipinski definition) is 1. The van der Waals surface area contributed by atoms with E-state index in [0.29, 0.717) is 12.1 Å². The summed E-state index contributed by atoms with van der Waals surface area (Å²) < 4.78 is 11.0. The van der Waals surface area contributed by atoms with Gasteiger partial charge in [0.05, 0.1) is 12.7 Å². The molecular weight excluding hydrogens is 214 g/mol. The van der Waals surface area contributed by atoms with Crippen LogP contribution in [0.2, 0.25) is 0 Å². The normalized spacial score (nSPS) is 27.2. The highest BCUT2D eigenvalue weighted by Gasteiger charge is 2.47. The van der Waals surface area contributed by atoms with E-state index >= 15 is 0 Å². The lowest BCUT2D eigenvalue weighted by molar-refractivity contribution is -0.0983. The van der Waals surface area contributed by atoms with Gasteiger partial charge in [-0.1, -0.05) is 27.7 Å². The third kappa shape index (κ3) is 4.23. The summed E-state index contributed by atoms with van der Waals surface area (Å²) >= 11 is 0. The van der Waals surface area contributed by atoms with Crippen molar-refractivity contribution in [3.05, 3.63) is 0 Å². The van der Waals surface area contributed by atoms with Gasteiger partial charge in [-0.2, -0.15) is 0 Å². The van der Waals surface area contributed by atoms with Crippen molar-refractivity contribution in [3.8, 4) is 0 Å². The molecule has 0 aromatic carbocycles. The van der Waals surface area contributed by atoms with Crippen molar-refractivity contribution < 1.29 is 9.47 Å². The molecule has 0 amide bonds. The Kier molecular flexibility index (Phi) is 5.90. The number of methoxy groups -OCH3 is 1. The van der Waals surface area contributed by atoms with Gasteiger partial charge in [0.25, 0.3) is 0 Å².